The fourth-order valence-corrected chi connectivity index (χ4v) is 6.36. The van der Waals surface area contributed by atoms with Crippen molar-refractivity contribution in [3.63, 3.8) is 0 Å². The van der Waals surface area contributed by atoms with Crippen LogP contribution in [0.3, 0.4) is 0 Å². The van der Waals surface area contributed by atoms with E-state index in [0.29, 0.717) is 23.2 Å². The van der Waals surface area contributed by atoms with Crippen molar-refractivity contribution in [2.24, 2.45) is 17.8 Å². The van der Waals surface area contributed by atoms with Crippen LogP contribution in [-0.2, 0) is 10.0 Å². The highest BCUT2D eigenvalue weighted by atomic mass is 32.2. The maximum absolute atomic E-state index is 12.7. The first kappa shape index (κ1) is 21.1. The van der Waals surface area contributed by atoms with E-state index in [-0.39, 0.29) is 0 Å². The molecule has 0 radical (unpaired) electrons. The molecule has 1 aromatic carbocycles. The predicted octanol–water partition coefficient (Wildman–Crippen LogP) is 2.42. The Hall–Kier alpha value is -1.15. The average molecular weight is 422 g/mol. The van der Waals surface area contributed by atoms with Crippen LogP contribution in [0.15, 0.2) is 29.2 Å². The summed E-state index contributed by atoms with van der Waals surface area (Å²) in [5.74, 6) is 3.01. The number of ether oxygens (including phenoxy) is 1. The minimum absolute atomic E-state index is 0.298. The molecule has 0 aromatic heterocycles. The van der Waals surface area contributed by atoms with E-state index in [1.54, 1.807) is 31.4 Å². The van der Waals surface area contributed by atoms with Crippen molar-refractivity contribution in [3.05, 3.63) is 24.3 Å². The molecule has 0 amide bonds. The molecule has 2 bridgehead atoms. The van der Waals surface area contributed by atoms with Gasteiger partial charge < -0.3 is 9.64 Å². The molecule has 4 aliphatic heterocycles. The summed E-state index contributed by atoms with van der Waals surface area (Å²) >= 11 is 0. The number of methoxy groups -OCH3 is 1. The van der Waals surface area contributed by atoms with Gasteiger partial charge in [0, 0.05) is 25.7 Å². The molecule has 7 heteroatoms. The number of sulfonamides is 1. The Kier molecular flexibility index (Phi) is 6.49. The van der Waals surface area contributed by atoms with Gasteiger partial charge in [-0.25, -0.2) is 13.1 Å². The Balaban J connectivity index is 1.30. The molecule has 29 heavy (non-hydrogen) atoms. The summed E-state index contributed by atoms with van der Waals surface area (Å²) in [6.45, 7) is 8.80. The Morgan fingerprint density at radius 3 is 2.45 bits per heavy atom. The number of piperidine rings is 4. The smallest absolute Gasteiger partial charge is 0.240 e. The van der Waals surface area contributed by atoms with Crippen LogP contribution in [0.2, 0.25) is 0 Å². The lowest BCUT2D eigenvalue weighted by Gasteiger charge is -2.51. The SMILES string of the molecule is COc1ccc(S(=O)(=O)NC[C@H]2C[C@@H]3CCN2C[C@H]3CN2CCC(C)CC2)cc1. The lowest BCUT2D eigenvalue weighted by Crippen LogP contribution is -2.58. The number of hydrogen-bond acceptors (Lipinski definition) is 5. The van der Waals surface area contributed by atoms with E-state index < -0.39 is 10.0 Å². The zero-order valence-electron chi connectivity index (χ0n) is 17.7. The Labute approximate surface area is 175 Å². The molecule has 0 saturated carbocycles. The van der Waals surface area contributed by atoms with Gasteiger partial charge in [0.25, 0.3) is 0 Å². The summed E-state index contributed by atoms with van der Waals surface area (Å²) in [4.78, 5) is 5.48. The quantitative estimate of drug-likeness (QED) is 0.733. The van der Waals surface area contributed by atoms with Crippen molar-refractivity contribution in [1.82, 2.24) is 14.5 Å². The summed E-state index contributed by atoms with van der Waals surface area (Å²) < 4.78 is 33.3. The maximum atomic E-state index is 12.7. The molecule has 1 N–H and O–H groups in total. The van der Waals surface area contributed by atoms with E-state index in [0.717, 1.165) is 37.3 Å². The van der Waals surface area contributed by atoms with Crippen molar-refractivity contribution in [2.75, 3.05) is 46.4 Å². The van der Waals surface area contributed by atoms with Gasteiger partial charge in [-0.3, -0.25) is 4.90 Å². The highest BCUT2D eigenvalue weighted by Crippen LogP contribution is 2.37. The molecule has 1 aromatic rings. The molecular weight excluding hydrogens is 386 g/mol. The standard InChI is InChI=1S/C22H35N3O3S/c1-17-7-10-24(11-8-17)15-19-16-25-12-9-18(19)13-20(25)14-23-29(26,27)22-5-3-21(28-2)4-6-22/h3-6,17-20,23H,7-16H2,1-2H3/t18-,19+,20+/m0/s1. The first-order valence-electron chi connectivity index (χ1n) is 11.0. The second kappa shape index (κ2) is 8.92. The topological polar surface area (TPSA) is 61.9 Å². The van der Waals surface area contributed by atoms with E-state index in [1.807, 2.05) is 0 Å². The number of nitrogens with zero attached hydrogens (tertiary/aromatic N) is 2. The number of rotatable bonds is 7. The van der Waals surface area contributed by atoms with Crippen LogP contribution in [-0.4, -0.2) is 70.6 Å². The molecular formula is C22H35N3O3S. The van der Waals surface area contributed by atoms with Gasteiger partial charge in [-0.05, 0) is 87.3 Å². The summed E-state index contributed by atoms with van der Waals surface area (Å²) in [5.41, 5.74) is 0. The third-order valence-corrected chi connectivity index (χ3v) is 8.70. The first-order valence-corrected chi connectivity index (χ1v) is 12.5. The number of fused-ring (bicyclic) bond motifs is 3. The van der Waals surface area contributed by atoms with Crippen molar-refractivity contribution < 1.29 is 13.2 Å². The number of benzene rings is 1. The molecule has 4 atom stereocenters. The van der Waals surface area contributed by atoms with Crippen LogP contribution in [0.4, 0.5) is 0 Å². The minimum atomic E-state index is -3.48. The van der Waals surface area contributed by atoms with Crippen molar-refractivity contribution >= 4 is 10.0 Å². The van der Waals surface area contributed by atoms with Gasteiger partial charge in [-0.2, -0.15) is 0 Å². The van der Waals surface area contributed by atoms with Gasteiger partial charge in [0.1, 0.15) is 5.75 Å². The third-order valence-electron chi connectivity index (χ3n) is 7.26. The van der Waals surface area contributed by atoms with Gasteiger partial charge in [-0.15, -0.1) is 0 Å². The monoisotopic (exact) mass is 421 g/mol. The van der Waals surface area contributed by atoms with Crippen molar-refractivity contribution in [2.45, 2.75) is 43.5 Å². The van der Waals surface area contributed by atoms with Crippen LogP contribution in [0, 0.1) is 17.8 Å². The molecule has 4 fully saturated rings. The van der Waals surface area contributed by atoms with E-state index in [4.69, 9.17) is 4.74 Å². The van der Waals surface area contributed by atoms with E-state index in [2.05, 4.69) is 21.4 Å². The molecule has 4 saturated heterocycles. The predicted molar refractivity (Wildman–Crippen MR) is 115 cm³/mol. The van der Waals surface area contributed by atoms with Crippen LogP contribution in [0.1, 0.15) is 32.6 Å². The van der Waals surface area contributed by atoms with Crippen LogP contribution in [0.5, 0.6) is 5.75 Å². The molecule has 162 valence electrons. The van der Waals surface area contributed by atoms with Crippen LogP contribution >= 0.6 is 0 Å². The van der Waals surface area contributed by atoms with E-state index in [9.17, 15) is 8.42 Å². The third kappa shape index (κ3) is 4.95. The zero-order chi connectivity index (χ0) is 20.4. The summed E-state index contributed by atoms with van der Waals surface area (Å²) in [6.07, 6.45) is 5.03. The Bertz CT molecular complexity index is 775. The van der Waals surface area contributed by atoms with Crippen molar-refractivity contribution in [1.29, 1.82) is 0 Å². The molecule has 4 aliphatic rings. The van der Waals surface area contributed by atoms with E-state index in [1.165, 1.54) is 38.9 Å². The second-order valence-corrected chi connectivity index (χ2v) is 11.0. The highest BCUT2D eigenvalue weighted by molar-refractivity contribution is 7.89. The van der Waals surface area contributed by atoms with E-state index >= 15 is 0 Å². The number of hydrogen-bond donors (Lipinski definition) is 1. The van der Waals surface area contributed by atoms with Gasteiger partial charge in [0.15, 0.2) is 0 Å². The second-order valence-electron chi connectivity index (χ2n) is 9.20. The average Bonchev–Trinajstić information content (AvgIpc) is 2.75. The molecule has 6 nitrogen and oxygen atoms in total. The lowest BCUT2D eigenvalue weighted by atomic mass is 9.75. The zero-order valence-corrected chi connectivity index (χ0v) is 18.5. The summed E-state index contributed by atoms with van der Waals surface area (Å²) in [6, 6.07) is 6.90. The molecule has 4 heterocycles. The summed E-state index contributed by atoms with van der Waals surface area (Å²) in [7, 11) is -1.91. The minimum Gasteiger partial charge on any atom is -0.497 e. The number of nitrogens with one attached hydrogen (secondary N) is 1. The van der Waals surface area contributed by atoms with Crippen molar-refractivity contribution in [3.8, 4) is 5.75 Å². The summed E-state index contributed by atoms with van der Waals surface area (Å²) in [5, 5.41) is 0. The molecule has 1 unspecified atom stereocenters. The fourth-order valence-electron chi connectivity index (χ4n) is 5.29. The Morgan fingerprint density at radius 1 is 1.10 bits per heavy atom. The first-order chi connectivity index (χ1) is 13.9. The lowest BCUT2D eigenvalue weighted by molar-refractivity contribution is -0.0136. The largest absolute Gasteiger partial charge is 0.497 e. The van der Waals surface area contributed by atoms with Crippen LogP contribution < -0.4 is 9.46 Å². The maximum Gasteiger partial charge on any atom is 0.240 e. The number of likely N-dealkylation sites (tertiary alicyclic amines) is 1. The fraction of sp³-hybridized carbons (Fsp3) is 0.727. The van der Waals surface area contributed by atoms with Gasteiger partial charge >= 0.3 is 0 Å². The molecule has 5 rings (SSSR count). The highest BCUT2D eigenvalue weighted by Gasteiger charge is 2.41. The van der Waals surface area contributed by atoms with Gasteiger partial charge in [0.2, 0.25) is 10.0 Å². The van der Waals surface area contributed by atoms with Gasteiger partial charge in [0.05, 0.1) is 12.0 Å². The van der Waals surface area contributed by atoms with Gasteiger partial charge in [-0.1, -0.05) is 6.92 Å². The normalized spacial score (nSPS) is 31.1. The Morgan fingerprint density at radius 2 is 1.83 bits per heavy atom. The molecule has 0 spiro atoms. The van der Waals surface area contributed by atoms with Crippen LogP contribution in [0.25, 0.3) is 0 Å². The molecule has 0 aliphatic carbocycles.